The molecule has 4 nitrogen and oxygen atoms in total. The Morgan fingerprint density at radius 2 is 1.70 bits per heavy atom. The summed E-state index contributed by atoms with van der Waals surface area (Å²) >= 11 is 11.2. The molecule has 0 bridgehead atoms. The topological polar surface area (TPSA) is 67.2 Å². The van der Waals surface area contributed by atoms with Gasteiger partial charge in [0.25, 0.3) is 0 Å². The molecule has 102 valence electrons. The number of para-hydroxylation sites is 1. The number of halogens is 1. The highest BCUT2D eigenvalue weighted by Crippen LogP contribution is 2.20. The van der Waals surface area contributed by atoms with Gasteiger partial charge in [-0.15, -0.1) is 0 Å². The maximum absolute atomic E-state index is 11.0. The summed E-state index contributed by atoms with van der Waals surface area (Å²) < 4.78 is 0. The van der Waals surface area contributed by atoms with Crippen molar-refractivity contribution in [1.29, 1.82) is 0 Å². The molecule has 0 saturated carbocycles. The van der Waals surface area contributed by atoms with E-state index in [0.29, 0.717) is 15.7 Å². The molecule has 0 saturated heterocycles. The van der Waals surface area contributed by atoms with Crippen molar-refractivity contribution in [2.45, 2.75) is 0 Å². The Labute approximate surface area is 126 Å². The van der Waals surface area contributed by atoms with Crippen LogP contribution in [0.1, 0.15) is 10.4 Å². The minimum Gasteiger partial charge on any atom is -0.366 e. The van der Waals surface area contributed by atoms with Gasteiger partial charge in [0, 0.05) is 11.3 Å². The molecule has 2 aromatic rings. The summed E-state index contributed by atoms with van der Waals surface area (Å²) in [4.78, 5) is 11.0. The van der Waals surface area contributed by atoms with Gasteiger partial charge in [-0.25, -0.2) is 0 Å². The zero-order valence-corrected chi connectivity index (χ0v) is 12.0. The van der Waals surface area contributed by atoms with Crippen LogP contribution in [0.3, 0.4) is 0 Å². The number of carbonyl (C=O) groups is 1. The summed E-state index contributed by atoms with van der Waals surface area (Å²) in [6, 6.07) is 14.0. The SMILES string of the molecule is NC(=O)c1ccc(NC(=S)Nc2ccccc2Cl)cc1. The van der Waals surface area contributed by atoms with Crippen LogP contribution in [0.25, 0.3) is 0 Å². The molecule has 6 heteroatoms. The summed E-state index contributed by atoms with van der Waals surface area (Å²) in [5.41, 5.74) is 7.09. The normalized spacial score (nSPS) is 9.85. The van der Waals surface area contributed by atoms with Gasteiger partial charge in [0.15, 0.2) is 5.11 Å². The number of nitrogens with one attached hydrogen (secondary N) is 2. The minimum atomic E-state index is -0.465. The first-order chi connectivity index (χ1) is 9.56. The lowest BCUT2D eigenvalue weighted by Crippen LogP contribution is -2.19. The molecule has 20 heavy (non-hydrogen) atoms. The van der Waals surface area contributed by atoms with Crippen LogP contribution in [0, 0.1) is 0 Å². The average molecular weight is 306 g/mol. The van der Waals surface area contributed by atoms with Crippen LogP contribution >= 0.6 is 23.8 Å². The molecule has 0 unspecified atom stereocenters. The van der Waals surface area contributed by atoms with Gasteiger partial charge in [-0.3, -0.25) is 4.79 Å². The summed E-state index contributed by atoms with van der Waals surface area (Å²) in [6.07, 6.45) is 0. The Balaban J connectivity index is 2.01. The number of primary amides is 1. The smallest absolute Gasteiger partial charge is 0.248 e. The number of hydrogen-bond acceptors (Lipinski definition) is 2. The van der Waals surface area contributed by atoms with Crippen LogP contribution in [-0.2, 0) is 0 Å². The number of carbonyl (C=O) groups excluding carboxylic acids is 1. The van der Waals surface area contributed by atoms with E-state index < -0.39 is 5.91 Å². The fourth-order valence-corrected chi connectivity index (χ4v) is 1.98. The number of amides is 1. The second-order valence-electron chi connectivity index (χ2n) is 4.00. The molecular weight excluding hydrogens is 294 g/mol. The van der Waals surface area contributed by atoms with E-state index in [9.17, 15) is 4.79 Å². The first kappa shape index (κ1) is 14.3. The van der Waals surface area contributed by atoms with Gasteiger partial charge in [-0.05, 0) is 48.6 Å². The van der Waals surface area contributed by atoms with Crippen molar-refractivity contribution in [3.05, 3.63) is 59.1 Å². The molecule has 1 amide bonds. The van der Waals surface area contributed by atoms with Crippen LogP contribution < -0.4 is 16.4 Å². The third-order valence-corrected chi connectivity index (χ3v) is 3.08. The van der Waals surface area contributed by atoms with Gasteiger partial charge in [-0.1, -0.05) is 23.7 Å². The first-order valence-corrected chi connectivity index (χ1v) is 6.57. The van der Waals surface area contributed by atoms with Crippen LogP contribution in [0.2, 0.25) is 5.02 Å². The number of hydrogen-bond donors (Lipinski definition) is 3. The average Bonchev–Trinajstić information content (AvgIpc) is 2.42. The molecule has 0 aliphatic carbocycles. The summed E-state index contributed by atoms with van der Waals surface area (Å²) in [7, 11) is 0. The number of thiocarbonyl (C=S) groups is 1. The molecule has 2 rings (SSSR count). The number of anilines is 2. The molecule has 0 fully saturated rings. The highest BCUT2D eigenvalue weighted by Gasteiger charge is 2.03. The van der Waals surface area contributed by atoms with E-state index in [4.69, 9.17) is 29.6 Å². The molecule has 0 radical (unpaired) electrons. The Kier molecular flexibility index (Phi) is 4.55. The van der Waals surface area contributed by atoms with Crippen molar-refractivity contribution in [3.8, 4) is 0 Å². The predicted molar refractivity (Wildman–Crippen MR) is 86.3 cm³/mol. The molecule has 0 aromatic heterocycles. The maximum atomic E-state index is 11.0. The predicted octanol–water partition coefficient (Wildman–Crippen LogP) is 3.25. The molecule has 0 spiro atoms. The van der Waals surface area contributed by atoms with Gasteiger partial charge in [-0.2, -0.15) is 0 Å². The van der Waals surface area contributed by atoms with Crippen molar-refractivity contribution in [2.75, 3.05) is 10.6 Å². The van der Waals surface area contributed by atoms with E-state index in [1.807, 2.05) is 18.2 Å². The molecular formula is C14H12ClN3OS. The lowest BCUT2D eigenvalue weighted by molar-refractivity contribution is 0.100. The van der Waals surface area contributed by atoms with Crippen molar-refractivity contribution >= 4 is 46.2 Å². The largest absolute Gasteiger partial charge is 0.366 e. The van der Waals surface area contributed by atoms with Gasteiger partial charge >= 0.3 is 0 Å². The van der Waals surface area contributed by atoms with E-state index >= 15 is 0 Å². The van der Waals surface area contributed by atoms with E-state index in [1.54, 1.807) is 30.3 Å². The molecule has 2 aromatic carbocycles. The fourth-order valence-electron chi connectivity index (χ4n) is 1.57. The van der Waals surface area contributed by atoms with Gasteiger partial charge in [0.2, 0.25) is 5.91 Å². The third kappa shape index (κ3) is 3.69. The Hall–Kier alpha value is -2.11. The van der Waals surface area contributed by atoms with Crippen molar-refractivity contribution in [1.82, 2.24) is 0 Å². The van der Waals surface area contributed by atoms with Crippen LogP contribution in [0.4, 0.5) is 11.4 Å². The van der Waals surface area contributed by atoms with Crippen LogP contribution in [0.5, 0.6) is 0 Å². The van der Waals surface area contributed by atoms with E-state index in [-0.39, 0.29) is 0 Å². The molecule has 0 heterocycles. The Morgan fingerprint density at radius 1 is 1.05 bits per heavy atom. The van der Waals surface area contributed by atoms with Crippen LogP contribution in [-0.4, -0.2) is 11.0 Å². The maximum Gasteiger partial charge on any atom is 0.248 e. The van der Waals surface area contributed by atoms with Gasteiger partial charge in [0.1, 0.15) is 0 Å². The quantitative estimate of drug-likeness (QED) is 0.762. The Bertz CT molecular complexity index is 643. The van der Waals surface area contributed by atoms with Crippen molar-refractivity contribution in [3.63, 3.8) is 0 Å². The third-order valence-electron chi connectivity index (χ3n) is 2.55. The van der Waals surface area contributed by atoms with Crippen molar-refractivity contribution < 1.29 is 4.79 Å². The zero-order valence-electron chi connectivity index (χ0n) is 10.4. The van der Waals surface area contributed by atoms with E-state index in [0.717, 1.165) is 11.4 Å². The van der Waals surface area contributed by atoms with Gasteiger partial charge in [0.05, 0.1) is 10.7 Å². The highest BCUT2D eigenvalue weighted by atomic mass is 35.5. The monoisotopic (exact) mass is 305 g/mol. The molecule has 0 atom stereocenters. The van der Waals surface area contributed by atoms with Crippen LogP contribution in [0.15, 0.2) is 48.5 Å². The van der Waals surface area contributed by atoms with E-state index in [1.165, 1.54) is 0 Å². The zero-order chi connectivity index (χ0) is 14.5. The van der Waals surface area contributed by atoms with Gasteiger partial charge < -0.3 is 16.4 Å². The lowest BCUT2D eigenvalue weighted by Gasteiger charge is -2.11. The summed E-state index contributed by atoms with van der Waals surface area (Å²) in [5.74, 6) is -0.465. The summed E-state index contributed by atoms with van der Waals surface area (Å²) in [5, 5.41) is 6.98. The summed E-state index contributed by atoms with van der Waals surface area (Å²) in [6.45, 7) is 0. The molecule has 0 aliphatic heterocycles. The number of nitrogens with two attached hydrogens (primary N) is 1. The second kappa shape index (κ2) is 6.36. The lowest BCUT2D eigenvalue weighted by atomic mass is 10.2. The minimum absolute atomic E-state index is 0.407. The molecule has 4 N–H and O–H groups in total. The highest BCUT2D eigenvalue weighted by molar-refractivity contribution is 7.80. The standard InChI is InChI=1S/C14H12ClN3OS/c15-11-3-1-2-4-12(11)18-14(20)17-10-7-5-9(6-8-10)13(16)19/h1-8H,(H2,16,19)(H2,17,18,20). The first-order valence-electron chi connectivity index (χ1n) is 5.78. The molecule has 0 aliphatic rings. The van der Waals surface area contributed by atoms with Crippen molar-refractivity contribution in [2.24, 2.45) is 5.73 Å². The second-order valence-corrected chi connectivity index (χ2v) is 4.82. The van der Waals surface area contributed by atoms with E-state index in [2.05, 4.69) is 10.6 Å². The Morgan fingerprint density at radius 3 is 2.30 bits per heavy atom. The number of benzene rings is 2. The fraction of sp³-hybridized carbons (Fsp3) is 0. The number of rotatable bonds is 3.